The summed E-state index contributed by atoms with van der Waals surface area (Å²) in [6.07, 6.45) is 2.49. The van der Waals surface area contributed by atoms with Crippen LogP contribution in [-0.2, 0) is 6.54 Å². The Balaban J connectivity index is 2.24. The highest BCUT2D eigenvalue weighted by molar-refractivity contribution is 6.32. The third-order valence-corrected chi connectivity index (χ3v) is 3.47. The first-order valence-electron chi connectivity index (χ1n) is 5.91. The monoisotopic (exact) mass is 272 g/mol. The number of halogens is 1. The summed E-state index contributed by atoms with van der Waals surface area (Å²) in [7, 11) is 0. The summed E-state index contributed by atoms with van der Waals surface area (Å²) < 4.78 is 1.16. The van der Waals surface area contributed by atoms with Gasteiger partial charge in [0.15, 0.2) is 0 Å². The maximum atomic E-state index is 11.9. The van der Waals surface area contributed by atoms with Gasteiger partial charge in [0.1, 0.15) is 5.02 Å². The molecule has 7 heteroatoms. The topological polar surface area (TPSA) is 79.2 Å². The summed E-state index contributed by atoms with van der Waals surface area (Å²) in [5.74, 6) is 0. The van der Waals surface area contributed by atoms with Crippen molar-refractivity contribution in [2.75, 3.05) is 25.0 Å². The highest BCUT2D eigenvalue weighted by Crippen LogP contribution is 2.24. The minimum Gasteiger partial charge on any atom is -0.394 e. The van der Waals surface area contributed by atoms with Gasteiger partial charge in [-0.05, 0) is 19.9 Å². The van der Waals surface area contributed by atoms with Crippen LogP contribution in [0.1, 0.15) is 13.3 Å². The standard InChI is InChI=1S/C11H17ClN4O2/c1-11(2-3-13-7-11)15-8-6-14-16(4-5-17)10(18)9(8)12/h6,13,15,17H,2-5,7H2,1H3. The molecule has 3 N–H and O–H groups in total. The van der Waals surface area contributed by atoms with E-state index in [-0.39, 0.29) is 29.3 Å². The molecule has 1 aliphatic heterocycles. The lowest BCUT2D eigenvalue weighted by molar-refractivity contribution is 0.266. The second-order valence-corrected chi connectivity index (χ2v) is 5.11. The van der Waals surface area contributed by atoms with E-state index in [9.17, 15) is 4.79 Å². The minimum absolute atomic E-state index is 0.110. The molecule has 2 heterocycles. The molecule has 18 heavy (non-hydrogen) atoms. The number of anilines is 1. The van der Waals surface area contributed by atoms with E-state index in [2.05, 4.69) is 22.7 Å². The Morgan fingerprint density at radius 1 is 1.72 bits per heavy atom. The maximum absolute atomic E-state index is 11.9. The van der Waals surface area contributed by atoms with Crippen LogP contribution in [0.3, 0.4) is 0 Å². The van der Waals surface area contributed by atoms with Crippen LogP contribution in [0.2, 0.25) is 5.02 Å². The van der Waals surface area contributed by atoms with E-state index < -0.39 is 0 Å². The Kier molecular flexibility index (Phi) is 3.89. The Hall–Kier alpha value is -1.11. The quantitative estimate of drug-likeness (QED) is 0.722. The molecule has 1 aliphatic rings. The van der Waals surface area contributed by atoms with Crippen LogP contribution in [0.5, 0.6) is 0 Å². The van der Waals surface area contributed by atoms with Crippen molar-refractivity contribution in [3.8, 4) is 0 Å². The zero-order chi connectivity index (χ0) is 13.2. The van der Waals surface area contributed by atoms with E-state index in [0.29, 0.717) is 5.69 Å². The largest absolute Gasteiger partial charge is 0.394 e. The molecule has 2 rings (SSSR count). The third kappa shape index (κ3) is 2.66. The molecule has 0 saturated carbocycles. The van der Waals surface area contributed by atoms with Crippen molar-refractivity contribution < 1.29 is 5.11 Å². The first kappa shape index (κ1) is 13.3. The number of nitrogens with zero attached hydrogens (tertiary/aromatic N) is 2. The molecule has 0 aliphatic carbocycles. The van der Waals surface area contributed by atoms with Gasteiger partial charge in [-0.25, -0.2) is 4.68 Å². The molecule has 0 radical (unpaired) electrons. The van der Waals surface area contributed by atoms with Crippen molar-refractivity contribution in [1.82, 2.24) is 15.1 Å². The molecule has 1 atom stereocenters. The van der Waals surface area contributed by atoms with Crippen LogP contribution in [0.25, 0.3) is 0 Å². The smallest absolute Gasteiger partial charge is 0.287 e. The van der Waals surface area contributed by atoms with Gasteiger partial charge in [-0.2, -0.15) is 5.10 Å². The Bertz CT molecular complexity index is 482. The summed E-state index contributed by atoms with van der Waals surface area (Å²) in [5, 5.41) is 19.4. The zero-order valence-electron chi connectivity index (χ0n) is 10.2. The number of rotatable bonds is 4. The van der Waals surface area contributed by atoms with E-state index in [0.717, 1.165) is 24.2 Å². The molecular formula is C11H17ClN4O2. The molecular weight excluding hydrogens is 256 g/mol. The lowest BCUT2D eigenvalue weighted by atomic mass is 10.0. The highest BCUT2D eigenvalue weighted by atomic mass is 35.5. The molecule has 1 unspecified atom stereocenters. The van der Waals surface area contributed by atoms with Crippen molar-refractivity contribution in [2.45, 2.75) is 25.4 Å². The second-order valence-electron chi connectivity index (χ2n) is 4.74. The Morgan fingerprint density at radius 2 is 2.50 bits per heavy atom. The highest BCUT2D eigenvalue weighted by Gasteiger charge is 2.29. The zero-order valence-corrected chi connectivity index (χ0v) is 11.0. The first-order chi connectivity index (χ1) is 8.56. The van der Waals surface area contributed by atoms with Gasteiger partial charge in [-0.15, -0.1) is 0 Å². The first-order valence-corrected chi connectivity index (χ1v) is 6.29. The van der Waals surface area contributed by atoms with Gasteiger partial charge in [-0.3, -0.25) is 4.79 Å². The van der Waals surface area contributed by atoms with E-state index in [1.54, 1.807) is 0 Å². The molecule has 1 aromatic heterocycles. The average Bonchev–Trinajstić information content (AvgIpc) is 2.76. The summed E-state index contributed by atoms with van der Waals surface area (Å²) in [5.41, 5.74) is 0.0494. The van der Waals surface area contributed by atoms with Crippen molar-refractivity contribution in [1.29, 1.82) is 0 Å². The van der Waals surface area contributed by atoms with Crippen LogP contribution >= 0.6 is 11.6 Å². The summed E-state index contributed by atoms with van der Waals surface area (Å²) in [6.45, 7) is 3.84. The van der Waals surface area contributed by atoms with Gasteiger partial charge in [0.05, 0.1) is 25.0 Å². The van der Waals surface area contributed by atoms with E-state index in [4.69, 9.17) is 16.7 Å². The van der Waals surface area contributed by atoms with Gasteiger partial charge >= 0.3 is 0 Å². The summed E-state index contributed by atoms with van der Waals surface area (Å²) in [6, 6.07) is 0. The fraction of sp³-hybridized carbons (Fsp3) is 0.636. The molecule has 0 amide bonds. The number of nitrogens with one attached hydrogen (secondary N) is 2. The SMILES string of the molecule is CC1(Nc2cnn(CCO)c(=O)c2Cl)CCNC1. The number of aliphatic hydroxyl groups excluding tert-OH is 1. The summed E-state index contributed by atoms with van der Waals surface area (Å²) >= 11 is 6.04. The van der Waals surface area contributed by atoms with Gasteiger partial charge < -0.3 is 15.7 Å². The summed E-state index contributed by atoms with van der Waals surface area (Å²) in [4.78, 5) is 11.9. The van der Waals surface area contributed by atoms with E-state index in [1.165, 1.54) is 6.20 Å². The number of hydrogen-bond donors (Lipinski definition) is 3. The predicted molar refractivity (Wildman–Crippen MR) is 70.1 cm³/mol. The molecule has 1 saturated heterocycles. The van der Waals surface area contributed by atoms with Crippen LogP contribution in [0.4, 0.5) is 5.69 Å². The van der Waals surface area contributed by atoms with Crippen LogP contribution < -0.4 is 16.2 Å². The van der Waals surface area contributed by atoms with Crippen LogP contribution in [0.15, 0.2) is 11.0 Å². The molecule has 100 valence electrons. The Labute approximate surface area is 110 Å². The normalized spacial score (nSPS) is 23.3. The van der Waals surface area contributed by atoms with Crippen molar-refractivity contribution in [3.63, 3.8) is 0 Å². The van der Waals surface area contributed by atoms with Crippen molar-refractivity contribution in [3.05, 3.63) is 21.6 Å². The number of aromatic nitrogens is 2. The molecule has 0 spiro atoms. The van der Waals surface area contributed by atoms with E-state index in [1.807, 2.05) is 0 Å². The maximum Gasteiger partial charge on any atom is 0.287 e. The second kappa shape index (κ2) is 5.26. The molecule has 0 aromatic carbocycles. The van der Waals surface area contributed by atoms with Crippen LogP contribution in [-0.4, -0.2) is 40.1 Å². The van der Waals surface area contributed by atoms with Crippen molar-refractivity contribution >= 4 is 17.3 Å². The molecule has 0 bridgehead atoms. The third-order valence-electron chi connectivity index (χ3n) is 3.10. The van der Waals surface area contributed by atoms with Crippen molar-refractivity contribution in [2.24, 2.45) is 0 Å². The average molecular weight is 273 g/mol. The fourth-order valence-corrected chi connectivity index (χ4v) is 2.25. The lowest BCUT2D eigenvalue weighted by Crippen LogP contribution is -2.38. The number of hydrogen-bond acceptors (Lipinski definition) is 5. The Morgan fingerprint density at radius 3 is 3.11 bits per heavy atom. The predicted octanol–water partition coefficient (Wildman–Crippen LogP) is 0.0529. The van der Waals surface area contributed by atoms with Gasteiger partial charge in [0.25, 0.3) is 5.56 Å². The van der Waals surface area contributed by atoms with Crippen LogP contribution in [0, 0.1) is 0 Å². The number of aliphatic hydroxyl groups is 1. The van der Waals surface area contributed by atoms with Gasteiger partial charge in [0.2, 0.25) is 0 Å². The van der Waals surface area contributed by atoms with Gasteiger partial charge in [0, 0.05) is 12.1 Å². The van der Waals surface area contributed by atoms with E-state index >= 15 is 0 Å². The lowest BCUT2D eigenvalue weighted by Gasteiger charge is -2.26. The molecule has 1 aromatic rings. The minimum atomic E-state index is -0.384. The fourth-order valence-electron chi connectivity index (χ4n) is 2.05. The molecule has 1 fully saturated rings. The molecule has 6 nitrogen and oxygen atoms in total. The van der Waals surface area contributed by atoms with Gasteiger partial charge in [-0.1, -0.05) is 11.6 Å².